The van der Waals surface area contributed by atoms with Crippen LogP contribution in [0.1, 0.15) is 10.5 Å². The molecule has 3 aromatic heterocycles. The number of rotatable bonds is 5. The number of pyridine rings is 2. The molecule has 4 rings (SSSR count). The SMILES string of the molecule is COc1ccc(NC(=O)C(=O)c2c(-c3ccncc3)cc3ccccn23)cc1. The van der Waals surface area contributed by atoms with Gasteiger partial charge in [-0.2, -0.15) is 0 Å². The van der Waals surface area contributed by atoms with Crippen molar-refractivity contribution in [2.75, 3.05) is 12.4 Å². The Morgan fingerprint density at radius 1 is 1.00 bits per heavy atom. The van der Waals surface area contributed by atoms with E-state index in [1.54, 1.807) is 54.4 Å². The van der Waals surface area contributed by atoms with Crippen LogP contribution in [0, 0.1) is 0 Å². The van der Waals surface area contributed by atoms with Crippen molar-refractivity contribution in [1.29, 1.82) is 0 Å². The Bertz CT molecular complexity index is 1150. The predicted molar refractivity (Wildman–Crippen MR) is 107 cm³/mol. The van der Waals surface area contributed by atoms with E-state index in [0.717, 1.165) is 11.1 Å². The molecule has 1 N–H and O–H groups in total. The van der Waals surface area contributed by atoms with Crippen LogP contribution < -0.4 is 10.1 Å². The number of benzene rings is 1. The van der Waals surface area contributed by atoms with Gasteiger partial charge in [0.1, 0.15) is 11.4 Å². The first-order chi connectivity index (χ1) is 13.7. The van der Waals surface area contributed by atoms with Crippen molar-refractivity contribution in [2.24, 2.45) is 0 Å². The van der Waals surface area contributed by atoms with Crippen molar-refractivity contribution < 1.29 is 14.3 Å². The van der Waals surface area contributed by atoms with Crippen LogP contribution in [0.4, 0.5) is 5.69 Å². The number of carbonyl (C=O) groups excluding carboxylic acids is 2. The highest BCUT2D eigenvalue weighted by atomic mass is 16.5. The van der Waals surface area contributed by atoms with Crippen molar-refractivity contribution in [2.45, 2.75) is 0 Å². The smallest absolute Gasteiger partial charge is 0.298 e. The molecule has 6 heteroatoms. The van der Waals surface area contributed by atoms with E-state index in [1.165, 1.54) is 0 Å². The van der Waals surface area contributed by atoms with Crippen LogP contribution in [0.25, 0.3) is 16.6 Å². The van der Waals surface area contributed by atoms with Gasteiger partial charge in [0.25, 0.3) is 11.7 Å². The number of fused-ring (bicyclic) bond motifs is 1. The lowest BCUT2D eigenvalue weighted by Crippen LogP contribution is -2.24. The van der Waals surface area contributed by atoms with Crippen LogP contribution >= 0.6 is 0 Å². The van der Waals surface area contributed by atoms with Crippen LogP contribution in [-0.4, -0.2) is 28.2 Å². The van der Waals surface area contributed by atoms with Gasteiger partial charge in [-0.15, -0.1) is 0 Å². The zero-order valence-corrected chi connectivity index (χ0v) is 15.1. The Hall–Kier alpha value is -3.93. The molecule has 138 valence electrons. The Balaban J connectivity index is 1.72. The number of hydrogen-bond acceptors (Lipinski definition) is 4. The molecule has 0 unspecified atom stereocenters. The molecule has 0 saturated heterocycles. The summed E-state index contributed by atoms with van der Waals surface area (Å²) in [5.41, 5.74) is 3.16. The molecule has 0 aliphatic rings. The predicted octanol–water partition coefficient (Wildman–Crippen LogP) is 3.83. The molecule has 0 saturated carbocycles. The monoisotopic (exact) mass is 371 g/mol. The third kappa shape index (κ3) is 3.23. The molecule has 0 aliphatic carbocycles. The van der Waals surface area contributed by atoms with Crippen molar-refractivity contribution in [3.63, 3.8) is 0 Å². The second kappa shape index (κ2) is 7.36. The summed E-state index contributed by atoms with van der Waals surface area (Å²) in [7, 11) is 1.56. The van der Waals surface area contributed by atoms with Crippen molar-refractivity contribution in [1.82, 2.24) is 9.38 Å². The summed E-state index contributed by atoms with van der Waals surface area (Å²) in [6.45, 7) is 0. The van der Waals surface area contributed by atoms with E-state index in [4.69, 9.17) is 4.74 Å². The first-order valence-electron chi connectivity index (χ1n) is 8.67. The average Bonchev–Trinajstić information content (AvgIpc) is 3.14. The maximum Gasteiger partial charge on any atom is 0.298 e. The molecular weight excluding hydrogens is 354 g/mol. The van der Waals surface area contributed by atoms with Gasteiger partial charge in [0.15, 0.2) is 0 Å². The van der Waals surface area contributed by atoms with E-state index in [0.29, 0.717) is 22.7 Å². The van der Waals surface area contributed by atoms with Gasteiger partial charge in [-0.3, -0.25) is 14.6 Å². The zero-order chi connectivity index (χ0) is 19.5. The van der Waals surface area contributed by atoms with Gasteiger partial charge in [-0.1, -0.05) is 6.07 Å². The van der Waals surface area contributed by atoms with Crippen LogP contribution in [0.2, 0.25) is 0 Å². The van der Waals surface area contributed by atoms with Gasteiger partial charge in [0, 0.05) is 35.4 Å². The maximum atomic E-state index is 13.1. The number of ether oxygens (including phenoxy) is 1. The minimum absolute atomic E-state index is 0.313. The number of methoxy groups -OCH3 is 1. The summed E-state index contributed by atoms with van der Waals surface area (Å²) >= 11 is 0. The number of carbonyl (C=O) groups is 2. The molecule has 0 radical (unpaired) electrons. The Labute approximate surface area is 161 Å². The largest absolute Gasteiger partial charge is 0.497 e. The lowest BCUT2D eigenvalue weighted by Gasteiger charge is -2.08. The summed E-state index contributed by atoms with van der Waals surface area (Å²) in [6, 6.07) is 17.9. The van der Waals surface area contributed by atoms with E-state index in [2.05, 4.69) is 10.3 Å². The van der Waals surface area contributed by atoms with Gasteiger partial charge < -0.3 is 14.5 Å². The highest BCUT2D eigenvalue weighted by Crippen LogP contribution is 2.28. The van der Waals surface area contributed by atoms with E-state index in [9.17, 15) is 9.59 Å². The molecule has 1 aromatic carbocycles. The van der Waals surface area contributed by atoms with Crippen LogP contribution in [-0.2, 0) is 4.79 Å². The minimum Gasteiger partial charge on any atom is -0.497 e. The van der Waals surface area contributed by atoms with E-state index in [1.807, 2.05) is 36.4 Å². The molecule has 3 heterocycles. The zero-order valence-electron chi connectivity index (χ0n) is 15.1. The van der Waals surface area contributed by atoms with Gasteiger partial charge in [-0.25, -0.2) is 0 Å². The van der Waals surface area contributed by atoms with Gasteiger partial charge in [0.05, 0.1) is 7.11 Å². The molecule has 0 aliphatic heterocycles. The standard InChI is InChI=1S/C22H17N3O3/c1-28-18-7-5-16(6-8-18)24-22(27)21(26)20-19(15-9-11-23-12-10-15)14-17-4-2-3-13-25(17)20/h2-14H,1H3,(H,24,27). The Morgan fingerprint density at radius 2 is 1.75 bits per heavy atom. The quantitative estimate of drug-likeness (QED) is 0.427. The molecule has 4 aromatic rings. The normalized spacial score (nSPS) is 10.6. The van der Waals surface area contributed by atoms with E-state index in [-0.39, 0.29) is 0 Å². The number of amides is 1. The molecule has 0 spiro atoms. The number of anilines is 1. The van der Waals surface area contributed by atoms with Gasteiger partial charge >= 0.3 is 0 Å². The Morgan fingerprint density at radius 3 is 2.46 bits per heavy atom. The molecule has 0 atom stereocenters. The topological polar surface area (TPSA) is 72.7 Å². The molecule has 28 heavy (non-hydrogen) atoms. The van der Waals surface area contributed by atoms with E-state index >= 15 is 0 Å². The fraction of sp³-hybridized carbons (Fsp3) is 0.0455. The van der Waals surface area contributed by atoms with E-state index < -0.39 is 11.7 Å². The second-order valence-electron chi connectivity index (χ2n) is 6.15. The summed E-state index contributed by atoms with van der Waals surface area (Å²) in [6.07, 6.45) is 5.08. The van der Waals surface area contributed by atoms with Gasteiger partial charge in [0.2, 0.25) is 0 Å². The number of nitrogens with zero attached hydrogens (tertiary/aromatic N) is 2. The summed E-state index contributed by atoms with van der Waals surface area (Å²) in [4.78, 5) is 29.8. The summed E-state index contributed by atoms with van der Waals surface area (Å²) in [5, 5.41) is 2.65. The number of nitrogens with one attached hydrogen (secondary N) is 1. The first kappa shape index (κ1) is 17.5. The van der Waals surface area contributed by atoms with Crippen LogP contribution in [0.15, 0.2) is 79.3 Å². The number of hydrogen-bond donors (Lipinski definition) is 1. The van der Waals surface area contributed by atoms with Crippen LogP contribution in [0.3, 0.4) is 0 Å². The fourth-order valence-electron chi connectivity index (χ4n) is 3.08. The molecule has 6 nitrogen and oxygen atoms in total. The molecular formula is C22H17N3O3. The van der Waals surface area contributed by atoms with Crippen molar-refractivity contribution >= 4 is 22.9 Å². The van der Waals surface area contributed by atoms with Crippen molar-refractivity contribution in [3.05, 3.63) is 84.9 Å². The third-order valence-electron chi connectivity index (χ3n) is 4.44. The Kier molecular flexibility index (Phi) is 4.60. The second-order valence-corrected chi connectivity index (χ2v) is 6.15. The molecule has 0 bridgehead atoms. The number of Topliss-reactive ketones (excluding diaryl/α,β-unsaturated/α-hetero) is 1. The first-order valence-corrected chi connectivity index (χ1v) is 8.67. The highest BCUT2D eigenvalue weighted by Gasteiger charge is 2.24. The highest BCUT2D eigenvalue weighted by molar-refractivity contribution is 6.47. The lowest BCUT2D eigenvalue weighted by atomic mass is 10.0. The molecule has 1 amide bonds. The van der Waals surface area contributed by atoms with Crippen LogP contribution in [0.5, 0.6) is 5.75 Å². The fourth-order valence-corrected chi connectivity index (χ4v) is 3.08. The minimum atomic E-state index is -0.704. The number of aromatic nitrogens is 2. The van der Waals surface area contributed by atoms with Crippen molar-refractivity contribution in [3.8, 4) is 16.9 Å². The summed E-state index contributed by atoms with van der Waals surface area (Å²) in [5.74, 6) is -0.653. The molecule has 0 fully saturated rings. The average molecular weight is 371 g/mol. The summed E-state index contributed by atoms with van der Waals surface area (Å²) < 4.78 is 6.83. The maximum absolute atomic E-state index is 13.1. The lowest BCUT2D eigenvalue weighted by molar-refractivity contribution is -0.112. The third-order valence-corrected chi connectivity index (χ3v) is 4.44. The van der Waals surface area contributed by atoms with Gasteiger partial charge in [-0.05, 0) is 60.2 Å². The number of ketones is 1.